The zero-order valence-electron chi connectivity index (χ0n) is 12.6. The molecule has 1 atom stereocenters. The quantitative estimate of drug-likeness (QED) is 0.816. The average Bonchev–Trinajstić information content (AvgIpc) is 2.81. The smallest absolute Gasteiger partial charge is 0.112 e. The van der Waals surface area contributed by atoms with E-state index in [2.05, 4.69) is 36.4 Å². The molecule has 0 bridgehead atoms. The van der Waals surface area contributed by atoms with Crippen LogP contribution in [0.15, 0.2) is 6.20 Å². The van der Waals surface area contributed by atoms with Crippen LogP contribution < -0.4 is 0 Å². The molecule has 0 N–H and O–H groups in total. The summed E-state index contributed by atoms with van der Waals surface area (Å²) in [7, 11) is 0. The number of hydrogen-bond acceptors (Lipinski definition) is 2. The topological polar surface area (TPSA) is 21.1 Å². The van der Waals surface area contributed by atoms with Crippen molar-refractivity contribution in [2.24, 2.45) is 5.92 Å². The third-order valence-corrected chi connectivity index (χ3v) is 5.00. The Morgan fingerprint density at radius 2 is 1.89 bits per heavy atom. The molecule has 1 unspecified atom stereocenters. The van der Waals surface area contributed by atoms with Gasteiger partial charge in [0, 0.05) is 30.4 Å². The zero-order valence-corrected chi connectivity index (χ0v) is 12.6. The minimum Gasteiger partial charge on any atom is -0.332 e. The van der Waals surface area contributed by atoms with Gasteiger partial charge in [-0.25, -0.2) is 4.98 Å². The highest BCUT2D eigenvalue weighted by atomic mass is 15.2. The van der Waals surface area contributed by atoms with Crippen LogP contribution in [-0.4, -0.2) is 33.6 Å². The second kappa shape index (κ2) is 5.28. The largest absolute Gasteiger partial charge is 0.332 e. The molecule has 2 aliphatic heterocycles. The van der Waals surface area contributed by atoms with E-state index in [9.17, 15) is 0 Å². The maximum Gasteiger partial charge on any atom is 0.112 e. The molecular formula is C16H27N3. The number of nitrogens with zero attached hydrogens (tertiary/aromatic N) is 3. The van der Waals surface area contributed by atoms with Gasteiger partial charge in [-0.3, -0.25) is 0 Å². The molecule has 1 aromatic heterocycles. The summed E-state index contributed by atoms with van der Waals surface area (Å²) in [4.78, 5) is 7.37. The van der Waals surface area contributed by atoms with Gasteiger partial charge in [-0.1, -0.05) is 6.92 Å². The van der Waals surface area contributed by atoms with Crippen molar-refractivity contribution in [1.82, 2.24) is 14.5 Å². The van der Waals surface area contributed by atoms with Crippen molar-refractivity contribution in [2.75, 3.05) is 13.1 Å². The normalized spacial score (nSPS) is 25.8. The van der Waals surface area contributed by atoms with E-state index < -0.39 is 0 Å². The minimum atomic E-state index is 0.691. The molecule has 19 heavy (non-hydrogen) atoms. The first-order chi connectivity index (χ1) is 9.15. The van der Waals surface area contributed by atoms with Crippen molar-refractivity contribution in [2.45, 2.75) is 65.0 Å². The van der Waals surface area contributed by atoms with E-state index in [1.54, 1.807) is 0 Å². The third-order valence-electron chi connectivity index (χ3n) is 5.00. The molecule has 106 valence electrons. The van der Waals surface area contributed by atoms with Crippen LogP contribution in [0.25, 0.3) is 0 Å². The molecular weight excluding hydrogens is 234 g/mol. The second-order valence-corrected chi connectivity index (χ2v) is 6.76. The summed E-state index contributed by atoms with van der Waals surface area (Å²) < 4.78 is 2.52. The molecule has 0 amide bonds. The van der Waals surface area contributed by atoms with Crippen molar-refractivity contribution < 1.29 is 0 Å². The van der Waals surface area contributed by atoms with Gasteiger partial charge in [0.2, 0.25) is 0 Å². The summed E-state index contributed by atoms with van der Waals surface area (Å²) in [6.45, 7) is 10.6. The van der Waals surface area contributed by atoms with Gasteiger partial charge in [-0.2, -0.15) is 0 Å². The van der Waals surface area contributed by atoms with E-state index in [0.29, 0.717) is 12.0 Å². The van der Waals surface area contributed by atoms with Gasteiger partial charge in [-0.05, 0) is 58.5 Å². The Labute approximate surface area is 117 Å². The Hall–Kier alpha value is -0.830. The lowest BCUT2D eigenvalue weighted by molar-refractivity contribution is 0.168. The molecule has 3 nitrogen and oxygen atoms in total. The molecule has 1 fully saturated rings. The number of imidazole rings is 1. The fraction of sp³-hybridized carbons (Fsp3) is 0.812. The highest BCUT2D eigenvalue weighted by Crippen LogP contribution is 2.31. The van der Waals surface area contributed by atoms with Crippen molar-refractivity contribution in [3.8, 4) is 0 Å². The van der Waals surface area contributed by atoms with Crippen molar-refractivity contribution in [1.29, 1.82) is 0 Å². The summed E-state index contributed by atoms with van der Waals surface area (Å²) in [5, 5.41) is 0. The van der Waals surface area contributed by atoms with E-state index in [4.69, 9.17) is 4.98 Å². The van der Waals surface area contributed by atoms with Crippen molar-refractivity contribution in [3.05, 3.63) is 17.7 Å². The summed E-state index contributed by atoms with van der Waals surface area (Å²) in [5.74, 6) is 2.90. The maximum absolute atomic E-state index is 4.77. The molecule has 0 spiro atoms. The van der Waals surface area contributed by atoms with Gasteiger partial charge in [0.05, 0.1) is 0 Å². The Morgan fingerprint density at radius 1 is 1.16 bits per heavy atom. The maximum atomic E-state index is 4.77. The van der Waals surface area contributed by atoms with Gasteiger partial charge in [0.1, 0.15) is 5.82 Å². The number of likely N-dealkylation sites (tertiary alicyclic amines) is 1. The minimum absolute atomic E-state index is 0.691. The second-order valence-electron chi connectivity index (χ2n) is 6.76. The van der Waals surface area contributed by atoms with Gasteiger partial charge in [0.15, 0.2) is 0 Å². The van der Waals surface area contributed by atoms with Crippen LogP contribution in [-0.2, 0) is 13.0 Å². The predicted molar refractivity (Wildman–Crippen MR) is 78.4 cm³/mol. The highest BCUT2D eigenvalue weighted by molar-refractivity contribution is 5.13. The van der Waals surface area contributed by atoms with Crippen LogP contribution in [0.1, 0.15) is 57.5 Å². The molecule has 1 aromatic rings. The molecule has 3 rings (SSSR count). The Morgan fingerprint density at radius 3 is 2.58 bits per heavy atom. The van der Waals surface area contributed by atoms with Crippen LogP contribution in [0.2, 0.25) is 0 Å². The molecule has 0 aromatic carbocycles. The van der Waals surface area contributed by atoms with E-state index >= 15 is 0 Å². The van der Waals surface area contributed by atoms with Crippen molar-refractivity contribution >= 4 is 0 Å². The Balaban J connectivity index is 1.71. The predicted octanol–water partition coefficient (Wildman–Crippen LogP) is 3.05. The van der Waals surface area contributed by atoms with E-state index in [0.717, 1.165) is 5.92 Å². The summed E-state index contributed by atoms with van der Waals surface area (Å²) in [5.41, 5.74) is 1.47. The van der Waals surface area contributed by atoms with Gasteiger partial charge in [0.25, 0.3) is 0 Å². The summed E-state index contributed by atoms with van der Waals surface area (Å²) in [6.07, 6.45) is 7.24. The van der Waals surface area contributed by atoms with Gasteiger partial charge >= 0.3 is 0 Å². The highest BCUT2D eigenvalue weighted by Gasteiger charge is 2.27. The van der Waals surface area contributed by atoms with E-state index in [1.807, 2.05) is 0 Å². The lowest BCUT2D eigenvalue weighted by atomic mass is 9.94. The van der Waals surface area contributed by atoms with Gasteiger partial charge < -0.3 is 9.47 Å². The first kappa shape index (κ1) is 13.2. The molecule has 0 radical (unpaired) electrons. The fourth-order valence-corrected chi connectivity index (χ4v) is 3.66. The zero-order chi connectivity index (χ0) is 13.4. The molecule has 2 aliphatic rings. The lowest BCUT2D eigenvalue weighted by Gasteiger charge is -2.35. The van der Waals surface area contributed by atoms with E-state index in [-0.39, 0.29) is 0 Å². The Bertz CT molecular complexity index is 427. The first-order valence-corrected chi connectivity index (χ1v) is 7.93. The standard InChI is InChI=1S/C16H27N3/c1-12(2)18-7-5-14(6-8-18)16-17-11-15-10-13(3)4-9-19(15)16/h11-14H,4-10H2,1-3H3. The molecule has 1 saturated heterocycles. The van der Waals surface area contributed by atoms with Crippen LogP contribution in [0.3, 0.4) is 0 Å². The molecule has 3 heteroatoms. The monoisotopic (exact) mass is 261 g/mol. The van der Waals surface area contributed by atoms with Crippen LogP contribution in [0, 0.1) is 5.92 Å². The van der Waals surface area contributed by atoms with Gasteiger partial charge in [-0.15, -0.1) is 0 Å². The molecule has 3 heterocycles. The number of fused-ring (bicyclic) bond motifs is 1. The van der Waals surface area contributed by atoms with E-state index in [1.165, 1.54) is 56.8 Å². The SMILES string of the molecule is CC1CCn2c(cnc2C2CCN(C(C)C)CC2)C1. The van der Waals surface area contributed by atoms with Crippen LogP contribution in [0.4, 0.5) is 0 Å². The fourth-order valence-electron chi connectivity index (χ4n) is 3.66. The summed E-state index contributed by atoms with van der Waals surface area (Å²) >= 11 is 0. The lowest BCUT2D eigenvalue weighted by Crippen LogP contribution is -2.38. The van der Waals surface area contributed by atoms with Crippen LogP contribution in [0.5, 0.6) is 0 Å². The first-order valence-electron chi connectivity index (χ1n) is 7.93. The Kier molecular flexibility index (Phi) is 3.66. The van der Waals surface area contributed by atoms with Crippen molar-refractivity contribution in [3.63, 3.8) is 0 Å². The average molecular weight is 261 g/mol. The molecule has 0 saturated carbocycles. The number of hydrogen-bond donors (Lipinski definition) is 0. The third kappa shape index (κ3) is 2.58. The molecule has 0 aliphatic carbocycles. The number of rotatable bonds is 2. The number of aromatic nitrogens is 2. The number of piperidine rings is 1. The van der Waals surface area contributed by atoms with Crippen LogP contribution >= 0.6 is 0 Å². The summed E-state index contributed by atoms with van der Waals surface area (Å²) in [6, 6.07) is 0.691.